The Morgan fingerprint density at radius 2 is 0.677 bits per heavy atom. The largest absolute Gasteiger partial charge is 0.462 e. The molecule has 0 radical (unpaired) electrons. The summed E-state index contributed by atoms with van der Waals surface area (Å²) in [7, 11) is -4.77. The molecule has 0 aliphatic heterocycles. The van der Waals surface area contributed by atoms with E-state index in [1.165, 1.54) is 205 Å². The van der Waals surface area contributed by atoms with Gasteiger partial charge in [0.25, 0.3) is 10.1 Å². The molecule has 1 rings (SSSR count). The van der Waals surface area contributed by atoms with Crippen LogP contribution in [0.25, 0.3) is 0 Å². The van der Waals surface area contributed by atoms with Crippen molar-refractivity contribution in [1.82, 2.24) is 0 Å². The van der Waals surface area contributed by atoms with Crippen LogP contribution in [-0.4, -0.2) is 38.1 Å². The number of carbonyl (C=O) groups is 2. The van der Waals surface area contributed by atoms with Crippen LogP contribution >= 0.6 is 0 Å². The van der Waals surface area contributed by atoms with Gasteiger partial charge in [0.2, 0.25) is 0 Å². The smallest absolute Gasteiger partial charge is 0.340 e. The predicted octanol–water partition coefficient (Wildman–Crippen LogP) is 17.2. The summed E-state index contributed by atoms with van der Waals surface area (Å²) in [6.45, 7) is 7.87. The van der Waals surface area contributed by atoms with E-state index in [1.54, 1.807) is 0 Å². The van der Waals surface area contributed by atoms with Crippen molar-refractivity contribution in [2.45, 2.75) is 262 Å². The van der Waals surface area contributed by atoms with Gasteiger partial charge in [-0.05, 0) is 50.7 Å². The molecule has 62 heavy (non-hydrogen) atoms. The van der Waals surface area contributed by atoms with E-state index in [9.17, 15) is 22.6 Å². The van der Waals surface area contributed by atoms with Gasteiger partial charge in [-0.1, -0.05) is 237 Å². The first kappa shape index (κ1) is 57.6. The normalized spacial score (nSPS) is 11.5. The summed E-state index contributed by atoms with van der Waals surface area (Å²) in [5, 5.41) is 0. The van der Waals surface area contributed by atoms with Gasteiger partial charge in [0, 0.05) is 0 Å². The summed E-state index contributed by atoms with van der Waals surface area (Å²) in [4.78, 5) is 25.5. The van der Waals surface area contributed by atoms with Crippen molar-refractivity contribution in [3.63, 3.8) is 0 Å². The molecule has 0 heterocycles. The van der Waals surface area contributed by atoms with E-state index >= 15 is 0 Å². The molecule has 0 aromatic heterocycles. The van der Waals surface area contributed by atoms with Crippen molar-refractivity contribution in [2.75, 3.05) is 13.2 Å². The number of hydrogen-bond acceptors (Lipinski definition) is 6. The van der Waals surface area contributed by atoms with Gasteiger partial charge in [-0.15, -0.1) is 13.2 Å². The van der Waals surface area contributed by atoms with Crippen LogP contribution in [0.5, 0.6) is 0 Å². The maximum atomic E-state index is 13.1. The molecule has 1 aromatic carbocycles. The first-order chi connectivity index (χ1) is 30.3. The zero-order valence-electron chi connectivity index (χ0n) is 39.8. The molecule has 7 nitrogen and oxygen atoms in total. The Hall–Kier alpha value is -2.45. The topological polar surface area (TPSA) is 107 Å². The van der Waals surface area contributed by atoms with Crippen LogP contribution in [0.2, 0.25) is 0 Å². The third-order valence-corrected chi connectivity index (χ3v) is 13.2. The quantitative estimate of drug-likeness (QED) is 0.0301. The van der Waals surface area contributed by atoms with Crippen LogP contribution in [0.4, 0.5) is 0 Å². The molecule has 8 heteroatoms. The number of allylic oxidation sites excluding steroid dienone is 2. The second-order valence-corrected chi connectivity index (χ2v) is 19.4. The average Bonchev–Trinajstić information content (AvgIpc) is 3.26. The van der Waals surface area contributed by atoms with E-state index in [4.69, 9.17) is 9.47 Å². The highest BCUT2D eigenvalue weighted by atomic mass is 32.2. The van der Waals surface area contributed by atoms with Crippen molar-refractivity contribution in [2.24, 2.45) is 0 Å². The summed E-state index contributed by atoms with van der Waals surface area (Å²) in [6, 6.07) is 3.78. The third kappa shape index (κ3) is 34.0. The maximum Gasteiger partial charge on any atom is 0.340 e. The molecule has 1 N–H and O–H groups in total. The minimum Gasteiger partial charge on any atom is -0.462 e. The molecular formula is C54H94O7S. The molecule has 0 amide bonds. The second-order valence-electron chi connectivity index (χ2n) is 18.0. The van der Waals surface area contributed by atoms with Crippen LogP contribution in [0.3, 0.4) is 0 Å². The monoisotopic (exact) mass is 887 g/mol. The molecule has 0 saturated heterocycles. The van der Waals surface area contributed by atoms with Gasteiger partial charge in [-0.3, -0.25) is 4.55 Å². The molecule has 0 fully saturated rings. The van der Waals surface area contributed by atoms with Crippen LogP contribution in [-0.2, 0) is 19.6 Å². The highest BCUT2D eigenvalue weighted by Crippen LogP contribution is 2.23. The molecule has 358 valence electrons. The van der Waals surface area contributed by atoms with E-state index in [0.29, 0.717) is 12.8 Å². The van der Waals surface area contributed by atoms with Gasteiger partial charge in [0.15, 0.2) is 0 Å². The van der Waals surface area contributed by atoms with E-state index in [-0.39, 0.29) is 18.8 Å². The van der Waals surface area contributed by atoms with Gasteiger partial charge in [-0.25, -0.2) is 9.59 Å². The maximum absolute atomic E-state index is 13.1. The minimum absolute atomic E-state index is 0.112. The molecule has 0 saturated carbocycles. The molecule has 0 spiro atoms. The van der Waals surface area contributed by atoms with Crippen LogP contribution < -0.4 is 0 Å². The number of benzene rings is 1. The standard InChI is InChI=1S/C54H94O7S/c1-3-5-7-9-11-13-15-17-19-21-23-25-27-29-31-33-35-37-39-41-43-48-60-53(55)50-46-45-47-51(62(57,58)59)52(50)54(56)61-49-44-42-40-38-36-34-32-30-28-26-24-22-20-18-16-14-12-10-8-6-4-2/h3-4,45-47H,1-2,5-44,48-49H2,(H,57,58,59). The third-order valence-electron chi connectivity index (χ3n) is 12.3. The first-order valence-electron chi connectivity index (χ1n) is 26.0. The molecule has 0 bridgehead atoms. The fraction of sp³-hybridized carbons (Fsp3) is 0.778. The Labute approximate surface area is 382 Å². The molecule has 0 aliphatic rings. The van der Waals surface area contributed by atoms with Crippen molar-refractivity contribution in [1.29, 1.82) is 0 Å². The Balaban J connectivity index is 2.11. The molecule has 0 atom stereocenters. The Morgan fingerprint density at radius 1 is 0.419 bits per heavy atom. The average molecular weight is 887 g/mol. The highest BCUT2D eigenvalue weighted by molar-refractivity contribution is 7.86. The lowest BCUT2D eigenvalue weighted by Gasteiger charge is -2.13. The van der Waals surface area contributed by atoms with E-state index < -0.39 is 32.5 Å². The second kappa shape index (κ2) is 42.5. The summed E-state index contributed by atoms with van der Waals surface area (Å²) >= 11 is 0. The number of rotatable bonds is 47. The van der Waals surface area contributed by atoms with Crippen molar-refractivity contribution in [3.05, 3.63) is 54.6 Å². The Bertz CT molecular complexity index is 1340. The summed E-state index contributed by atoms with van der Waals surface area (Å²) in [6.07, 6.45) is 54.2. The SMILES string of the molecule is C=CCCCCCCCCCCCCCCCCCCCCCOC(=O)c1cccc(S(=O)(=O)O)c1C(=O)OCCCCCCCCCCCCCCCCCCCCCC=C. The molecule has 0 aliphatic carbocycles. The minimum atomic E-state index is -4.77. The lowest BCUT2D eigenvalue weighted by molar-refractivity contribution is 0.0446. The van der Waals surface area contributed by atoms with Crippen molar-refractivity contribution in [3.8, 4) is 0 Å². The summed E-state index contributed by atoms with van der Waals surface area (Å²) in [5.74, 6) is -1.73. The predicted molar refractivity (Wildman–Crippen MR) is 262 cm³/mol. The number of hydrogen-bond donors (Lipinski definition) is 1. The van der Waals surface area contributed by atoms with E-state index in [0.717, 1.165) is 57.4 Å². The highest BCUT2D eigenvalue weighted by Gasteiger charge is 2.28. The Morgan fingerprint density at radius 3 is 0.952 bits per heavy atom. The van der Waals surface area contributed by atoms with Crippen LogP contribution in [0, 0.1) is 0 Å². The fourth-order valence-electron chi connectivity index (χ4n) is 8.40. The van der Waals surface area contributed by atoms with Crippen molar-refractivity contribution >= 4 is 22.1 Å². The molecule has 0 unspecified atom stereocenters. The van der Waals surface area contributed by atoms with E-state index in [2.05, 4.69) is 13.2 Å². The van der Waals surface area contributed by atoms with Crippen LogP contribution in [0.1, 0.15) is 278 Å². The lowest BCUT2D eigenvalue weighted by atomic mass is 10.0. The lowest BCUT2D eigenvalue weighted by Crippen LogP contribution is -2.19. The van der Waals surface area contributed by atoms with Gasteiger partial charge < -0.3 is 9.47 Å². The van der Waals surface area contributed by atoms with Crippen molar-refractivity contribution < 1.29 is 32.0 Å². The zero-order chi connectivity index (χ0) is 45.0. The van der Waals surface area contributed by atoms with Gasteiger partial charge >= 0.3 is 11.9 Å². The molecular weight excluding hydrogens is 793 g/mol. The zero-order valence-corrected chi connectivity index (χ0v) is 40.6. The van der Waals surface area contributed by atoms with Crippen LogP contribution in [0.15, 0.2) is 48.4 Å². The summed E-state index contributed by atoms with van der Waals surface area (Å²) < 4.78 is 45.0. The number of carbonyl (C=O) groups excluding carboxylic acids is 2. The van der Waals surface area contributed by atoms with Gasteiger partial charge in [0.1, 0.15) is 4.90 Å². The molecule has 1 aromatic rings. The summed E-state index contributed by atoms with van der Waals surface area (Å²) in [5.41, 5.74) is -0.666. The number of esters is 2. The van der Waals surface area contributed by atoms with E-state index in [1.807, 2.05) is 12.2 Å². The Kier molecular flexibility index (Phi) is 39.5. The number of unbranched alkanes of at least 4 members (excludes halogenated alkanes) is 38. The first-order valence-corrected chi connectivity index (χ1v) is 27.4. The van der Waals surface area contributed by atoms with Gasteiger partial charge in [0.05, 0.1) is 24.3 Å². The number of ether oxygens (including phenoxy) is 2. The van der Waals surface area contributed by atoms with Gasteiger partial charge in [-0.2, -0.15) is 8.42 Å². The fourth-order valence-corrected chi connectivity index (χ4v) is 9.10.